The van der Waals surface area contributed by atoms with Crippen molar-refractivity contribution in [2.24, 2.45) is 0 Å². The highest BCUT2D eigenvalue weighted by Gasteiger charge is 2.14. The summed E-state index contributed by atoms with van der Waals surface area (Å²) in [5.74, 6) is 0.261. The molecule has 1 unspecified atom stereocenters. The third-order valence-corrected chi connectivity index (χ3v) is 3.47. The van der Waals surface area contributed by atoms with Crippen molar-refractivity contribution in [3.8, 4) is 0 Å². The summed E-state index contributed by atoms with van der Waals surface area (Å²) in [7, 11) is 0. The Labute approximate surface area is 103 Å². The van der Waals surface area contributed by atoms with Crippen LogP contribution in [-0.4, -0.2) is 6.29 Å². The first-order valence-electron chi connectivity index (χ1n) is 6.36. The SMILES string of the molecule is CCC(CC)c1ccc(C(C)CC=O)cc1F. The van der Waals surface area contributed by atoms with Crippen molar-refractivity contribution in [3.05, 3.63) is 35.1 Å². The average molecular weight is 236 g/mol. The van der Waals surface area contributed by atoms with Gasteiger partial charge in [0.05, 0.1) is 0 Å². The quantitative estimate of drug-likeness (QED) is 0.668. The van der Waals surface area contributed by atoms with E-state index in [0.717, 1.165) is 30.3 Å². The van der Waals surface area contributed by atoms with Gasteiger partial charge in [0, 0.05) is 6.42 Å². The average Bonchev–Trinajstić information content (AvgIpc) is 2.32. The molecule has 0 spiro atoms. The second-order valence-electron chi connectivity index (χ2n) is 4.60. The summed E-state index contributed by atoms with van der Waals surface area (Å²) in [4.78, 5) is 10.4. The standard InChI is InChI=1S/C15H21FO/c1-4-12(5-2)14-7-6-13(10-15(14)16)11(3)8-9-17/h6-7,9-12H,4-5,8H2,1-3H3. The van der Waals surface area contributed by atoms with E-state index in [-0.39, 0.29) is 11.7 Å². The van der Waals surface area contributed by atoms with E-state index >= 15 is 0 Å². The minimum Gasteiger partial charge on any atom is -0.303 e. The first kappa shape index (κ1) is 13.9. The maximum absolute atomic E-state index is 14.0. The van der Waals surface area contributed by atoms with Crippen LogP contribution in [0.4, 0.5) is 4.39 Å². The van der Waals surface area contributed by atoms with E-state index in [0.29, 0.717) is 12.3 Å². The van der Waals surface area contributed by atoms with Crippen molar-refractivity contribution >= 4 is 6.29 Å². The second kappa shape index (κ2) is 6.53. The lowest BCUT2D eigenvalue weighted by molar-refractivity contribution is -0.108. The number of benzene rings is 1. The van der Waals surface area contributed by atoms with Crippen LogP contribution in [0.25, 0.3) is 0 Å². The Kier molecular flexibility index (Phi) is 5.33. The molecule has 0 aliphatic heterocycles. The molecule has 1 atom stereocenters. The van der Waals surface area contributed by atoms with Gasteiger partial charge in [0.2, 0.25) is 0 Å². The lowest BCUT2D eigenvalue weighted by Gasteiger charge is -2.16. The molecule has 2 heteroatoms. The molecule has 0 heterocycles. The normalized spacial score (nSPS) is 12.8. The number of aldehydes is 1. The first-order chi connectivity index (χ1) is 8.13. The Morgan fingerprint density at radius 3 is 2.41 bits per heavy atom. The van der Waals surface area contributed by atoms with Crippen molar-refractivity contribution in [1.29, 1.82) is 0 Å². The fourth-order valence-corrected chi connectivity index (χ4v) is 2.19. The van der Waals surface area contributed by atoms with Gasteiger partial charge in [-0.3, -0.25) is 0 Å². The van der Waals surface area contributed by atoms with E-state index in [1.807, 2.05) is 19.1 Å². The van der Waals surface area contributed by atoms with Gasteiger partial charge in [-0.05, 0) is 41.9 Å². The van der Waals surface area contributed by atoms with Crippen LogP contribution < -0.4 is 0 Å². The van der Waals surface area contributed by atoms with Crippen LogP contribution in [0.2, 0.25) is 0 Å². The Morgan fingerprint density at radius 2 is 1.94 bits per heavy atom. The number of hydrogen-bond acceptors (Lipinski definition) is 1. The highest BCUT2D eigenvalue weighted by Crippen LogP contribution is 2.28. The number of rotatable bonds is 6. The third kappa shape index (κ3) is 3.39. The molecule has 1 nitrogen and oxygen atoms in total. The summed E-state index contributed by atoms with van der Waals surface area (Å²) in [6.45, 7) is 6.10. The Balaban J connectivity index is 2.96. The smallest absolute Gasteiger partial charge is 0.126 e. The molecule has 1 aromatic rings. The van der Waals surface area contributed by atoms with E-state index in [1.165, 1.54) is 0 Å². The number of halogens is 1. The third-order valence-electron chi connectivity index (χ3n) is 3.47. The minimum absolute atomic E-state index is 0.0951. The molecule has 0 amide bonds. The predicted molar refractivity (Wildman–Crippen MR) is 68.8 cm³/mol. The Hall–Kier alpha value is -1.18. The van der Waals surface area contributed by atoms with Crippen LogP contribution in [0.15, 0.2) is 18.2 Å². The molecule has 0 aliphatic rings. The lowest BCUT2D eigenvalue weighted by atomic mass is 9.90. The van der Waals surface area contributed by atoms with E-state index in [4.69, 9.17) is 0 Å². The molecular weight excluding hydrogens is 215 g/mol. The second-order valence-corrected chi connectivity index (χ2v) is 4.60. The maximum atomic E-state index is 14.0. The lowest BCUT2D eigenvalue weighted by Crippen LogP contribution is -2.02. The van der Waals surface area contributed by atoms with Gasteiger partial charge < -0.3 is 4.79 Å². The number of carbonyl (C=O) groups excluding carboxylic acids is 1. The zero-order valence-electron chi connectivity index (χ0n) is 10.9. The summed E-state index contributed by atoms with van der Waals surface area (Å²) in [5.41, 5.74) is 1.71. The molecule has 0 aromatic heterocycles. The van der Waals surface area contributed by atoms with Crippen molar-refractivity contribution in [3.63, 3.8) is 0 Å². The molecule has 0 N–H and O–H groups in total. The molecule has 1 rings (SSSR count). The highest BCUT2D eigenvalue weighted by atomic mass is 19.1. The molecule has 0 fully saturated rings. The molecule has 0 radical (unpaired) electrons. The van der Waals surface area contributed by atoms with E-state index in [2.05, 4.69) is 13.8 Å². The molecule has 0 aliphatic carbocycles. The van der Waals surface area contributed by atoms with Crippen LogP contribution >= 0.6 is 0 Å². The minimum atomic E-state index is -0.131. The molecule has 17 heavy (non-hydrogen) atoms. The molecule has 0 saturated carbocycles. The zero-order valence-corrected chi connectivity index (χ0v) is 10.9. The van der Waals surface area contributed by atoms with Crippen LogP contribution in [0.1, 0.15) is 63.0 Å². The fourth-order valence-electron chi connectivity index (χ4n) is 2.19. The fraction of sp³-hybridized carbons (Fsp3) is 0.533. The van der Waals surface area contributed by atoms with Gasteiger partial charge in [-0.2, -0.15) is 0 Å². The maximum Gasteiger partial charge on any atom is 0.126 e. The summed E-state index contributed by atoms with van der Waals surface area (Å²) < 4.78 is 14.0. The van der Waals surface area contributed by atoms with Crippen LogP contribution in [0, 0.1) is 5.82 Å². The van der Waals surface area contributed by atoms with Gasteiger partial charge in [-0.1, -0.05) is 32.9 Å². The predicted octanol–water partition coefficient (Wildman–Crippen LogP) is 4.42. The van der Waals surface area contributed by atoms with Crippen molar-refractivity contribution in [2.75, 3.05) is 0 Å². The molecule has 1 aromatic carbocycles. The molecule has 0 saturated heterocycles. The zero-order chi connectivity index (χ0) is 12.8. The van der Waals surface area contributed by atoms with Gasteiger partial charge in [0.1, 0.15) is 12.1 Å². The number of hydrogen-bond donors (Lipinski definition) is 0. The Bertz CT molecular complexity index is 369. The Morgan fingerprint density at radius 1 is 1.29 bits per heavy atom. The van der Waals surface area contributed by atoms with E-state index < -0.39 is 0 Å². The first-order valence-corrected chi connectivity index (χ1v) is 6.36. The van der Waals surface area contributed by atoms with Crippen molar-refractivity contribution in [2.45, 2.75) is 51.9 Å². The van der Waals surface area contributed by atoms with Crippen molar-refractivity contribution in [1.82, 2.24) is 0 Å². The van der Waals surface area contributed by atoms with E-state index in [1.54, 1.807) is 6.07 Å². The van der Waals surface area contributed by atoms with Gasteiger partial charge in [-0.25, -0.2) is 4.39 Å². The van der Waals surface area contributed by atoms with Gasteiger partial charge >= 0.3 is 0 Å². The monoisotopic (exact) mass is 236 g/mol. The van der Waals surface area contributed by atoms with Crippen LogP contribution in [-0.2, 0) is 4.79 Å². The molecule has 0 bridgehead atoms. The molecule has 94 valence electrons. The summed E-state index contributed by atoms with van der Waals surface area (Å²) in [6.07, 6.45) is 3.24. The topological polar surface area (TPSA) is 17.1 Å². The summed E-state index contributed by atoms with van der Waals surface area (Å²) in [5, 5.41) is 0. The van der Waals surface area contributed by atoms with Crippen molar-refractivity contribution < 1.29 is 9.18 Å². The summed E-state index contributed by atoms with van der Waals surface area (Å²) in [6, 6.07) is 5.41. The summed E-state index contributed by atoms with van der Waals surface area (Å²) >= 11 is 0. The molecular formula is C15H21FO. The van der Waals surface area contributed by atoms with Gasteiger partial charge in [0.25, 0.3) is 0 Å². The van der Waals surface area contributed by atoms with Gasteiger partial charge in [0.15, 0.2) is 0 Å². The highest BCUT2D eigenvalue weighted by molar-refractivity contribution is 5.51. The van der Waals surface area contributed by atoms with E-state index in [9.17, 15) is 9.18 Å². The number of carbonyl (C=O) groups is 1. The van der Waals surface area contributed by atoms with Gasteiger partial charge in [-0.15, -0.1) is 0 Å². The van der Waals surface area contributed by atoms with Crippen LogP contribution in [0.5, 0.6) is 0 Å². The van der Waals surface area contributed by atoms with Crippen LogP contribution in [0.3, 0.4) is 0 Å². The largest absolute Gasteiger partial charge is 0.303 e.